The van der Waals surface area contributed by atoms with Gasteiger partial charge in [-0.3, -0.25) is 0 Å². The predicted molar refractivity (Wildman–Crippen MR) is 61.0 cm³/mol. The Hall–Kier alpha value is -2.36. The summed E-state index contributed by atoms with van der Waals surface area (Å²) in [5, 5.41) is 8.82. The fraction of sp³-hybridized carbons (Fsp3) is 0. The number of aromatic carboxylic acids is 1. The summed E-state index contributed by atoms with van der Waals surface area (Å²) in [4.78, 5) is 14.5. The molecular formula is C12H10N2O2. The van der Waals surface area contributed by atoms with Gasteiger partial charge in [0.05, 0.1) is 0 Å². The van der Waals surface area contributed by atoms with Crippen molar-refractivity contribution in [1.29, 1.82) is 0 Å². The fourth-order valence-electron chi connectivity index (χ4n) is 1.40. The van der Waals surface area contributed by atoms with Crippen LogP contribution in [0.3, 0.4) is 0 Å². The first-order valence-electron chi connectivity index (χ1n) is 4.72. The smallest absolute Gasteiger partial charge is 0.354 e. The highest BCUT2D eigenvalue weighted by Gasteiger charge is 2.05. The Morgan fingerprint density at radius 1 is 1.12 bits per heavy atom. The van der Waals surface area contributed by atoms with Crippen LogP contribution in [0, 0.1) is 0 Å². The van der Waals surface area contributed by atoms with Gasteiger partial charge in [0.25, 0.3) is 0 Å². The molecule has 0 spiro atoms. The first kappa shape index (κ1) is 10.2. The van der Waals surface area contributed by atoms with Crippen molar-refractivity contribution in [3.05, 3.63) is 48.3 Å². The highest BCUT2D eigenvalue weighted by atomic mass is 16.4. The maximum atomic E-state index is 10.8. The third-order valence-electron chi connectivity index (χ3n) is 2.22. The Balaban J connectivity index is 2.44. The number of rotatable bonds is 2. The number of hydrogen-bond acceptors (Lipinski definition) is 3. The molecule has 0 fully saturated rings. The van der Waals surface area contributed by atoms with Gasteiger partial charge in [0, 0.05) is 11.9 Å². The van der Waals surface area contributed by atoms with Gasteiger partial charge in [0.1, 0.15) is 5.69 Å². The zero-order chi connectivity index (χ0) is 11.5. The molecule has 2 aromatic rings. The Morgan fingerprint density at radius 2 is 1.81 bits per heavy atom. The van der Waals surface area contributed by atoms with Crippen LogP contribution in [0.2, 0.25) is 0 Å². The molecule has 2 rings (SSSR count). The van der Waals surface area contributed by atoms with E-state index in [9.17, 15) is 4.79 Å². The molecule has 0 aliphatic carbocycles. The minimum atomic E-state index is -1.03. The van der Waals surface area contributed by atoms with Gasteiger partial charge >= 0.3 is 5.97 Å². The number of carbonyl (C=O) groups is 1. The first-order valence-corrected chi connectivity index (χ1v) is 4.72. The highest BCUT2D eigenvalue weighted by molar-refractivity contribution is 5.87. The molecule has 0 saturated carbocycles. The Morgan fingerprint density at radius 3 is 2.44 bits per heavy atom. The molecule has 1 heterocycles. The zero-order valence-electron chi connectivity index (χ0n) is 8.42. The van der Waals surface area contributed by atoms with Crippen LogP contribution < -0.4 is 5.73 Å². The molecule has 0 aliphatic heterocycles. The molecule has 0 bridgehead atoms. The molecule has 16 heavy (non-hydrogen) atoms. The lowest BCUT2D eigenvalue weighted by Crippen LogP contribution is -1.99. The maximum absolute atomic E-state index is 10.8. The van der Waals surface area contributed by atoms with Gasteiger partial charge in [0.15, 0.2) is 0 Å². The second-order valence-corrected chi connectivity index (χ2v) is 3.36. The molecule has 4 nitrogen and oxygen atoms in total. The number of nitrogens with two attached hydrogens (primary N) is 1. The number of nitrogen functional groups attached to an aromatic ring is 1. The average molecular weight is 214 g/mol. The number of pyridine rings is 1. The number of carboxylic acid groups (broad SMARTS) is 1. The van der Waals surface area contributed by atoms with Crippen molar-refractivity contribution < 1.29 is 9.90 Å². The monoisotopic (exact) mass is 214 g/mol. The number of nitrogens with zero attached hydrogens (tertiary/aromatic N) is 1. The molecule has 80 valence electrons. The first-order chi connectivity index (χ1) is 7.66. The molecule has 1 aromatic heterocycles. The van der Waals surface area contributed by atoms with E-state index in [4.69, 9.17) is 10.8 Å². The van der Waals surface area contributed by atoms with Crippen molar-refractivity contribution in [2.24, 2.45) is 0 Å². The van der Waals surface area contributed by atoms with E-state index >= 15 is 0 Å². The lowest BCUT2D eigenvalue weighted by Gasteiger charge is -2.02. The average Bonchev–Trinajstić information content (AvgIpc) is 2.30. The van der Waals surface area contributed by atoms with Gasteiger partial charge in [-0.05, 0) is 35.4 Å². The summed E-state index contributed by atoms with van der Waals surface area (Å²) in [6.45, 7) is 0. The van der Waals surface area contributed by atoms with Gasteiger partial charge in [-0.25, -0.2) is 9.78 Å². The van der Waals surface area contributed by atoms with E-state index in [2.05, 4.69) is 4.98 Å². The lowest BCUT2D eigenvalue weighted by molar-refractivity contribution is 0.0690. The Bertz CT molecular complexity index is 521. The van der Waals surface area contributed by atoms with Crippen LogP contribution in [0.5, 0.6) is 0 Å². The van der Waals surface area contributed by atoms with Crippen molar-refractivity contribution >= 4 is 11.7 Å². The van der Waals surface area contributed by atoms with Gasteiger partial charge in [-0.2, -0.15) is 0 Å². The summed E-state index contributed by atoms with van der Waals surface area (Å²) in [6, 6.07) is 10.5. The topological polar surface area (TPSA) is 76.2 Å². The van der Waals surface area contributed by atoms with Crippen LogP contribution in [-0.4, -0.2) is 16.1 Å². The number of carboxylic acids is 1. The van der Waals surface area contributed by atoms with Crippen LogP contribution in [0.4, 0.5) is 5.69 Å². The van der Waals surface area contributed by atoms with E-state index in [1.165, 1.54) is 12.3 Å². The Kier molecular flexibility index (Phi) is 2.55. The van der Waals surface area contributed by atoms with Crippen molar-refractivity contribution in [2.45, 2.75) is 0 Å². The second kappa shape index (κ2) is 4.02. The summed E-state index contributed by atoms with van der Waals surface area (Å²) in [5.74, 6) is -1.03. The molecule has 0 aliphatic rings. The van der Waals surface area contributed by atoms with E-state index < -0.39 is 5.97 Å². The number of benzene rings is 1. The van der Waals surface area contributed by atoms with Gasteiger partial charge in [-0.1, -0.05) is 12.1 Å². The van der Waals surface area contributed by atoms with Crippen LogP contribution in [0.25, 0.3) is 11.1 Å². The minimum Gasteiger partial charge on any atom is -0.477 e. The van der Waals surface area contributed by atoms with Crippen LogP contribution >= 0.6 is 0 Å². The van der Waals surface area contributed by atoms with Crippen molar-refractivity contribution in [2.75, 3.05) is 5.73 Å². The normalized spacial score (nSPS) is 10.0. The van der Waals surface area contributed by atoms with E-state index in [1.807, 2.05) is 12.1 Å². The van der Waals surface area contributed by atoms with Crippen LogP contribution in [-0.2, 0) is 0 Å². The zero-order valence-corrected chi connectivity index (χ0v) is 8.42. The molecule has 0 unspecified atom stereocenters. The third kappa shape index (κ3) is 2.00. The molecule has 0 radical (unpaired) electrons. The molecule has 3 N–H and O–H groups in total. The number of hydrogen-bond donors (Lipinski definition) is 2. The van der Waals surface area contributed by atoms with E-state index in [0.717, 1.165) is 11.1 Å². The van der Waals surface area contributed by atoms with Crippen molar-refractivity contribution in [1.82, 2.24) is 4.98 Å². The highest BCUT2D eigenvalue weighted by Crippen LogP contribution is 2.20. The van der Waals surface area contributed by atoms with E-state index in [0.29, 0.717) is 5.69 Å². The summed E-state index contributed by atoms with van der Waals surface area (Å²) in [5.41, 5.74) is 8.02. The van der Waals surface area contributed by atoms with Gasteiger partial charge < -0.3 is 10.8 Å². The lowest BCUT2D eigenvalue weighted by atomic mass is 10.1. The predicted octanol–water partition coefficient (Wildman–Crippen LogP) is 2.03. The number of anilines is 1. The standard InChI is InChI=1S/C12H10N2O2/c13-10-3-1-8(2-4-10)9-5-6-14-11(7-9)12(15)16/h1-7H,13H2,(H,15,16). The largest absolute Gasteiger partial charge is 0.477 e. The minimum absolute atomic E-state index is 0.0364. The third-order valence-corrected chi connectivity index (χ3v) is 2.22. The van der Waals surface area contributed by atoms with Crippen LogP contribution in [0.15, 0.2) is 42.6 Å². The van der Waals surface area contributed by atoms with E-state index in [-0.39, 0.29) is 5.69 Å². The summed E-state index contributed by atoms with van der Waals surface area (Å²) in [7, 11) is 0. The van der Waals surface area contributed by atoms with Crippen LogP contribution in [0.1, 0.15) is 10.5 Å². The summed E-state index contributed by atoms with van der Waals surface area (Å²) in [6.07, 6.45) is 1.48. The quantitative estimate of drug-likeness (QED) is 0.750. The molecular weight excluding hydrogens is 204 g/mol. The SMILES string of the molecule is Nc1ccc(-c2ccnc(C(=O)O)c2)cc1. The summed E-state index contributed by atoms with van der Waals surface area (Å²) >= 11 is 0. The molecule has 4 heteroatoms. The van der Waals surface area contributed by atoms with E-state index in [1.54, 1.807) is 18.2 Å². The number of aromatic nitrogens is 1. The van der Waals surface area contributed by atoms with Crippen molar-refractivity contribution in [3.8, 4) is 11.1 Å². The molecule has 0 atom stereocenters. The fourth-order valence-corrected chi connectivity index (χ4v) is 1.40. The van der Waals surface area contributed by atoms with Gasteiger partial charge in [0.2, 0.25) is 0 Å². The molecule has 0 amide bonds. The Labute approximate surface area is 92.4 Å². The molecule has 0 saturated heterocycles. The molecule has 1 aromatic carbocycles. The van der Waals surface area contributed by atoms with Gasteiger partial charge in [-0.15, -0.1) is 0 Å². The second-order valence-electron chi connectivity index (χ2n) is 3.36. The summed E-state index contributed by atoms with van der Waals surface area (Å²) < 4.78 is 0. The van der Waals surface area contributed by atoms with Crippen molar-refractivity contribution in [3.63, 3.8) is 0 Å². The maximum Gasteiger partial charge on any atom is 0.354 e.